The van der Waals surface area contributed by atoms with Gasteiger partial charge in [0.1, 0.15) is 0 Å². The first kappa shape index (κ1) is 17.2. The average Bonchev–Trinajstić information content (AvgIpc) is 3.16. The van der Waals surface area contributed by atoms with Crippen molar-refractivity contribution in [2.75, 3.05) is 0 Å². The number of para-hydroxylation sites is 1. The number of hydrogen-bond donors (Lipinski definition) is 0. The summed E-state index contributed by atoms with van der Waals surface area (Å²) in [5.74, 6) is -0.0725. The normalized spacial score (nSPS) is 14.3. The van der Waals surface area contributed by atoms with E-state index >= 15 is 0 Å². The molecular weight excluding hydrogens is 382 g/mol. The maximum absolute atomic E-state index is 13.8. The Morgan fingerprint density at radius 1 is 0.700 bits per heavy atom. The summed E-state index contributed by atoms with van der Waals surface area (Å²) in [7, 11) is 0. The number of aromatic nitrogens is 4. The number of halogens is 2. The molecule has 0 fully saturated rings. The van der Waals surface area contributed by atoms with Crippen molar-refractivity contribution in [2.45, 2.75) is 19.3 Å². The third-order valence-corrected chi connectivity index (χ3v) is 6.14. The summed E-state index contributed by atoms with van der Waals surface area (Å²) in [5.41, 5.74) is 6.22. The van der Waals surface area contributed by atoms with E-state index in [1.807, 2.05) is 30.3 Å². The predicted octanol–water partition coefficient (Wildman–Crippen LogP) is 5.55. The minimum atomic E-state index is -1.14. The first-order chi connectivity index (χ1) is 14.4. The van der Waals surface area contributed by atoms with Crippen LogP contribution in [0.1, 0.15) is 25.0 Å². The number of nitrogens with zero attached hydrogens (tertiary/aromatic N) is 4. The SMILES string of the molecule is CC1(C)c2ccccc2-c2cc3c(cc21)c1ccccc1n3-c1nc(F)nc(F)n1. The summed E-state index contributed by atoms with van der Waals surface area (Å²) in [5, 5.41) is 1.97. The lowest BCUT2D eigenvalue weighted by Crippen LogP contribution is -2.14. The second-order valence-electron chi connectivity index (χ2n) is 8.11. The van der Waals surface area contributed by atoms with Crippen LogP contribution in [0.25, 0.3) is 38.9 Å². The van der Waals surface area contributed by atoms with Crippen molar-refractivity contribution in [3.05, 3.63) is 83.9 Å². The van der Waals surface area contributed by atoms with E-state index in [4.69, 9.17) is 0 Å². The highest BCUT2D eigenvalue weighted by molar-refractivity contribution is 6.11. The van der Waals surface area contributed by atoms with Crippen LogP contribution in [0.2, 0.25) is 0 Å². The van der Waals surface area contributed by atoms with Crippen LogP contribution in [0, 0.1) is 12.2 Å². The van der Waals surface area contributed by atoms with Crippen molar-refractivity contribution in [3.63, 3.8) is 0 Å². The third-order valence-electron chi connectivity index (χ3n) is 6.14. The van der Waals surface area contributed by atoms with Gasteiger partial charge in [-0.3, -0.25) is 4.57 Å². The molecule has 0 amide bonds. The molecule has 2 heterocycles. The molecule has 30 heavy (non-hydrogen) atoms. The summed E-state index contributed by atoms with van der Waals surface area (Å²) in [6.07, 6.45) is -2.29. The number of benzene rings is 3. The van der Waals surface area contributed by atoms with Crippen LogP contribution in [0.15, 0.2) is 60.7 Å². The standard InChI is InChI=1S/C24H16F2N4/c1-24(2)17-9-5-3-7-13(17)15-12-20-16(11-18(15)24)14-8-4-6-10-19(14)30(20)23-28-21(25)27-22(26)29-23/h3-12H,1-2H3. The van der Waals surface area contributed by atoms with Gasteiger partial charge in [-0.2, -0.15) is 23.7 Å². The van der Waals surface area contributed by atoms with Gasteiger partial charge in [-0.25, -0.2) is 0 Å². The molecule has 1 aliphatic carbocycles. The molecule has 0 bridgehead atoms. The molecule has 4 nitrogen and oxygen atoms in total. The largest absolute Gasteiger partial charge is 0.315 e. The molecule has 0 saturated carbocycles. The Hall–Kier alpha value is -3.67. The maximum Gasteiger partial charge on any atom is 0.315 e. The summed E-state index contributed by atoms with van der Waals surface area (Å²) >= 11 is 0. The van der Waals surface area contributed by atoms with Crippen LogP contribution in [-0.4, -0.2) is 19.5 Å². The van der Waals surface area contributed by atoms with Crippen LogP contribution in [0.3, 0.4) is 0 Å². The fraction of sp³-hybridized carbons (Fsp3) is 0.125. The van der Waals surface area contributed by atoms with Gasteiger partial charge in [0.25, 0.3) is 0 Å². The van der Waals surface area contributed by atoms with Gasteiger partial charge in [0.05, 0.1) is 11.0 Å². The molecule has 6 heteroatoms. The van der Waals surface area contributed by atoms with Crippen molar-refractivity contribution in [1.82, 2.24) is 19.5 Å². The van der Waals surface area contributed by atoms with Crippen LogP contribution in [0.5, 0.6) is 0 Å². The van der Waals surface area contributed by atoms with Gasteiger partial charge < -0.3 is 0 Å². The van der Waals surface area contributed by atoms with Gasteiger partial charge in [0.15, 0.2) is 0 Å². The van der Waals surface area contributed by atoms with E-state index in [0.29, 0.717) is 0 Å². The van der Waals surface area contributed by atoms with Crippen molar-refractivity contribution in [3.8, 4) is 17.1 Å². The minimum Gasteiger partial charge on any atom is -0.278 e. The molecule has 0 atom stereocenters. The van der Waals surface area contributed by atoms with E-state index in [1.54, 1.807) is 4.57 Å². The van der Waals surface area contributed by atoms with Gasteiger partial charge in [-0.05, 0) is 40.5 Å². The molecule has 0 saturated heterocycles. The zero-order valence-corrected chi connectivity index (χ0v) is 16.3. The van der Waals surface area contributed by atoms with Crippen LogP contribution in [0.4, 0.5) is 8.78 Å². The maximum atomic E-state index is 13.8. The molecule has 6 rings (SSSR count). The van der Waals surface area contributed by atoms with E-state index in [-0.39, 0.29) is 11.4 Å². The fourth-order valence-corrected chi connectivity index (χ4v) is 4.79. The average molecular weight is 398 g/mol. The first-order valence-corrected chi connectivity index (χ1v) is 9.70. The first-order valence-electron chi connectivity index (χ1n) is 9.70. The number of fused-ring (bicyclic) bond motifs is 6. The Bertz CT molecular complexity index is 1480. The smallest absolute Gasteiger partial charge is 0.278 e. The summed E-state index contributed by atoms with van der Waals surface area (Å²) < 4.78 is 29.3. The monoisotopic (exact) mass is 398 g/mol. The molecule has 0 radical (unpaired) electrons. The van der Waals surface area contributed by atoms with Crippen LogP contribution >= 0.6 is 0 Å². The van der Waals surface area contributed by atoms with Gasteiger partial charge in [0, 0.05) is 16.2 Å². The molecule has 0 spiro atoms. The summed E-state index contributed by atoms with van der Waals surface area (Å²) in [6, 6.07) is 20.4. The number of rotatable bonds is 1. The minimum absolute atomic E-state index is 0.0725. The molecule has 2 aromatic heterocycles. The van der Waals surface area contributed by atoms with Gasteiger partial charge in [-0.15, -0.1) is 0 Å². The Morgan fingerprint density at radius 2 is 1.40 bits per heavy atom. The molecule has 1 aliphatic rings. The second kappa shape index (κ2) is 5.69. The Labute approximate surface area is 170 Å². The van der Waals surface area contributed by atoms with Crippen LogP contribution < -0.4 is 0 Å². The molecule has 0 unspecified atom stereocenters. The quantitative estimate of drug-likeness (QED) is 0.372. The van der Waals surface area contributed by atoms with Crippen molar-refractivity contribution >= 4 is 21.8 Å². The molecular formula is C24H16F2N4. The summed E-state index contributed by atoms with van der Waals surface area (Å²) in [6.45, 7) is 4.44. The van der Waals surface area contributed by atoms with Crippen molar-refractivity contribution in [1.29, 1.82) is 0 Å². The zero-order valence-electron chi connectivity index (χ0n) is 16.3. The lowest BCUT2D eigenvalue weighted by molar-refractivity contribution is 0.451. The molecule has 0 N–H and O–H groups in total. The van der Waals surface area contributed by atoms with E-state index in [0.717, 1.165) is 27.4 Å². The van der Waals surface area contributed by atoms with E-state index in [9.17, 15) is 8.78 Å². The van der Waals surface area contributed by atoms with Crippen molar-refractivity contribution < 1.29 is 8.78 Å². The fourth-order valence-electron chi connectivity index (χ4n) is 4.79. The lowest BCUT2D eigenvalue weighted by atomic mass is 9.82. The van der Waals surface area contributed by atoms with Gasteiger partial charge in [-0.1, -0.05) is 56.3 Å². The Balaban J connectivity index is 1.78. The zero-order chi connectivity index (χ0) is 20.6. The molecule has 0 aliphatic heterocycles. The predicted molar refractivity (Wildman–Crippen MR) is 112 cm³/mol. The Kier molecular flexibility index (Phi) is 3.26. The van der Waals surface area contributed by atoms with Crippen LogP contribution in [-0.2, 0) is 5.41 Å². The van der Waals surface area contributed by atoms with E-state index < -0.39 is 12.2 Å². The van der Waals surface area contributed by atoms with Crippen molar-refractivity contribution in [2.24, 2.45) is 0 Å². The van der Waals surface area contributed by atoms with E-state index in [2.05, 4.69) is 59.1 Å². The molecule has 146 valence electrons. The number of hydrogen-bond acceptors (Lipinski definition) is 3. The highest BCUT2D eigenvalue weighted by Crippen LogP contribution is 2.50. The lowest BCUT2D eigenvalue weighted by Gasteiger charge is -2.21. The highest BCUT2D eigenvalue weighted by atomic mass is 19.1. The Morgan fingerprint density at radius 3 is 2.20 bits per heavy atom. The van der Waals surface area contributed by atoms with Gasteiger partial charge >= 0.3 is 12.2 Å². The summed E-state index contributed by atoms with van der Waals surface area (Å²) in [4.78, 5) is 10.6. The third kappa shape index (κ3) is 2.16. The highest BCUT2D eigenvalue weighted by Gasteiger charge is 2.36. The topological polar surface area (TPSA) is 43.6 Å². The van der Waals surface area contributed by atoms with Gasteiger partial charge in [0.2, 0.25) is 5.95 Å². The second-order valence-corrected chi connectivity index (χ2v) is 8.11. The molecule has 5 aromatic rings. The molecule has 3 aromatic carbocycles. The van der Waals surface area contributed by atoms with E-state index in [1.165, 1.54) is 16.7 Å².